The number of amides is 1. The van der Waals surface area contributed by atoms with Crippen LogP contribution in [-0.2, 0) is 7.05 Å². The zero-order valence-electron chi connectivity index (χ0n) is 13.4. The van der Waals surface area contributed by atoms with E-state index in [1.54, 1.807) is 17.1 Å². The highest BCUT2D eigenvalue weighted by Gasteiger charge is 2.28. The Bertz CT molecular complexity index is 484. The maximum absolute atomic E-state index is 12.3. The minimum atomic E-state index is -0.349. The molecule has 1 aliphatic heterocycles. The standard InChI is InChI=1S/C15H26N4O2/c1-15(2,3)13(20)11-18-5-7-19(8-6-18)14(21)12-9-16-17(4)10-12/h9-10,13,20H,5-8,11H2,1-4H3/t13-/m0/s1. The van der Waals surface area contributed by atoms with E-state index < -0.39 is 0 Å². The largest absolute Gasteiger partial charge is 0.391 e. The molecule has 0 saturated carbocycles. The van der Waals surface area contributed by atoms with Crippen molar-refractivity contribution in [2.75, 3.05) is 32.7 Å². The molecule has 1 fully saturated rings. The third-order valence-corrected chi connectivity index (χ3v) is 4.04. The van der Waals surface area contributed by atoms with Gasteiger partial charge in [-0.1, -0.05) is 20.8 Å². The second-order valence-corrected chi connectivity index (χ2v) is 6.88. The third kappa shape index (κ3) is 4.04. The van der Waals surface area contributed by atoms with Gasteiger partial charge in [0.15, 0.2) is 0 Å². The van der Waals surface area contributed by atoms with Crippen LogP contribution in [-0.4, -0.2) is 69.4 Å². The number of aromatic nitrogens is 2. The van der Waals surface area contributed by atoms with Crippen LogP contribution >= 0.6 is 0 Å². The van der Waals surface area contributed by atoms with Gasteiger partial charge in [0.25, 0.3) is 5.91 Å². The normalized spacial score (nSPS) is 18.8. The number of hydrogen-bond acceptors (Lipinski definition) is 4. The molecule has 1 aromatic heterocycles. The Kier molecular flexibility index (Phi) is 4.68. The predicted octanol–water partition coefficient (Wildman–Crippen LogP) is 0.585. The second kappa shape index (κ2) is 6.15. The van der Waals surface area contributed by atoms with E-state index >= 15 is 0 Å². The molecule has 1 N–H and O–H groups in total. The van der Waals surface area contributed by atoms with E-state index in [9.17, 15) is 9.90 Å². The van der Waals surface area contributed by atoms with Crippen molar-refractivity contribution in [3.8, 4) is 0 Å². The van der Waals surface area contributed by atoms with Crippen LogP contribution in [0.15, 0.2) is 12.4 Å². The molecule has 0 radical (unpaired) electrons. The fraction of sp³-hybridized carbons (Fsp3) is 0.733. The number of aliphatic hydroxyl groups is 1. The van der Waals surface area contributed by atoms with Crippen molar-refractivity contribution in [3.05, 3.63) is 18.0 Å². The van der Waals surface area contributed by atoms with Gasteiger partial charge in [-0.2, -0.15) is 5.10 Å². The van der Waals surface area contributed by atoms with Crippen molar-refractivity contribution in [3.63, 3.8) is 0 Å². The molecule has 1 aromatic rings. The summed E-state index contributed by atoms with van der Waals surface area (Å²) in [6.45, 7) is 9.80. The maximum Gasteiger partial charge on any atom is 0.257 e. The molecule has 1 atom stereocenters. The Morgan fingerprint density at radius 2 is 1.95 bits per heavy atom. The molecule has 118 valence electrons. The van der Waals surface area contributed by atoms with Gasteiger partial charge in [0.05, 0.1) is 17.9 Å². The number of hydrogen-bond donors (Lipinski definition) is 1. The highest BCUT2D eigenvalue weighted by atomic mass is 16.3. The van der Waals surface area contributed by atoms with E-state index in [4.69, 9.17) is 0 Å². The molecule has 1 amide bonds. The summed E-state index contributed by atoms with van der Waals surface area (Å²) in [7, 11) is 1.81. The number of aryl methyl sites for hydroxylation is 1. The smallest absolute Gasteiger partial charge is 0.257 e. The summed E-state index contributed by atoms with van der Waals surface area (Å²) in [6, 6.07) is 0. The summed E-state index contributed by atoms with van der Waals surface area (Å²) in [5.74, 6) is 0.0409. The van der Waals surface area contributed by atoms with E-state index in [-0.39, 0.29) is 17.4 Å². The van der Waals surface area contributed by atoms with Gasteiger partial charge in [0, 0.05) is 46.0 Å². The van der Waals surface area contributed by atoms with Crippen LogP contribution in [0.2, 0.25) is 0 Å². The van der Waals surface area contributed by atoms with Gasteiger partial charge in [-0.15, -0.1) is 0 Å². The van der Waals surface area contributed by atoms with Crippen LogP contribution < -0.4 is 0 Å². The Balaban J connectivity index is 1.84. The average Bonchev–Trinajstić information content (AvgIpc) is 2.84. The summed E-state index contributed by atoms with van der Waals surface area (Å²) < 4.78 is 1.64. The number of nitrogens with zero attached hydrogens (tertiary/aromatic N) is 4. The lowest BCUT2D eigenvalue weighted by Gasteiger charge is -2.37. The molecule has 1 saturated heterocycles. The van der Waals surface area contributed by atoms with Crippen LogP contribution in [0.3, 0.4) is 0 Å². The molecular formula is C15H26N4O2. The number of carbonyl (C=O) groups excluding carboxylic acids is 1. The van der Waals surface area contributed by atoms with Crippen LogP contribution in [0.5, 0.6) is 0 Å². The summed E-state index contributed by atoms with van der Waals surface area (Å²) in [5.41, 5.74) is 0.531. The van der Waals surface area contributed by atoms with E-state index in [1.165, 1.54) is 0 Å². The molecule has 2 heterocycles. The molecule has 0 spiro atoms. The van der Waals surface area contributed by atoms with Crippen molar-refractivity contribution in [1.29, 1.82) is 0 Å². The molecule has 0 bridgehead atoms. The van der Waals surface area contributed by atoms with Gasteiger partial charge in [-0.3, -0.25) is 14.4 Å². The van der Waals surface area contributed by atoms with E-state index in [0.29, 0.717) is 25.2 Å². The number of carbonyl (C=O) groups is 1. The Labute approximate surface area is 126 Å². The Morgan fingerprint density at radius 3 is 2.43 bits per heavy atom. The molecule has 6 nitrogen and oxygen atoms in total. The number of β-amino-alcohol motifs (C(OH)–C–C–N with tert-alkyl or cyclic N) is 1. The van der Waals surface area contributed by atoms with E-state index in [1.807, 2.05) is 32.7 Å². The van der Waals surface area contributed by atoms with Gasteiger partial charge >= 0.3 is 0 Å². The molecule has 2 rings (SSSR count). The fourth-order valence-corrected chi connectivity index (χ4v) is 2.37. The Morgan fingerprint density at radius 1 is 1.33 bits per heavy atom. The first-order valence-electron chi connectivity index (χ1n) is 7.45. The quantitative estimate of drug-likeness (QED) is 0.886. The molecule has 0 aliphatic carbocycles. The summed E-state index contributed by atoms with van der Waals surface area (Å²) >= 11 is 0. The predicted molar refractivity (Wildman–Crippen MR) is 81.0 cm³/mol. The molecule has 1 aliphatic rings. The van der Waals surface area contributed by atoms with Crippen molar-refractivity contribution in [2.24, 2.45) is 12.5 Å². The summed E-state index contributed by atoms with van der Waals surface area (Å²) in [6.07, 6.45) is 3.01. The average molecular weight is 294 g/mol. The lowest BCUT2D eigenvalue weighted by Crippen LogP contribution is -2.51. The number of piperazine rings is 1. The van der Waals surface area contributed by atoms with Crippen molar-refractivity contribution in [1.82, 2.24) is 19.6 Å². The second-order valence-electron chi connectivity index (χ2n) is 6.88. The fourth-order valence-electron chi connectivity index (χ4n) is 2.37. The SMILES string of the molecule is Cn1cc(C(=O)N2CCN(C[C@H](O)C(C)(C)C)CC2)cn1. The minimum absolute atomic E-state index is 0.0409. The van der Waals surface area contributed by atoms with Gasteiger partial charge in [0.1, 0.15) is 0 Å². The third-order valence-electron chi connectivity index (χ3n) is 4.04. The number of aliphatic hydroxyl groups excluding tert-OH is 1. The summed E-state index contributed by atoms with van der Waals surface area (Å²) in [5, 5.41) is 14.2. The zero-order valence-corrected chi connectivity index (χ0v) is 13.4. The molecular weight excluding hydrogens is 268 g/mol. The first-order valence-corrected chi connectivity index (χ1v) is 7.45. The maximum atomic E-state index is 12.3. The van der Waals surface area contributed by atoms with Crippen molar-refractivity contribution in [2.45, 2.75) is 26.9 Å². The molecule has 0 unspecified atom stereocenters. The highest BCUT2D eigenvalue weighted by Crippen LogP contribution is 2.20. The minimum Gasteiger partial charge on any atom is -0.391 e. The van der Waals surface area contributed by atoms with Crippen LogP contribution in [0.25, 0.3) is 0 Å². The molecule has 0 aromatic carbocycles. The zero-order chi connectivity index (χ0) is 15.6. The van der Waals surface area contributed by atoms with Crippen LogP contribution in [0, 0.1) is 5.41 Å². The highest BCUT2D eigenvalue weighted by molar-refractivity contribution is 5.93. The number of rotatable bonds is 3. The Hall–Kier alpha value is -1.40. The monoisotopic (exact) mass is 294 g/mol. The summed E-state index contributed by atoms with van der Waals surface area (Å²) in [4.78, 5) is 16.4. The van der Waals surface area contributed by atoms with Crippen LogP contribution in [0.4, 0.5) is 0 Å². The first-order chi connectivity index (χ1) is 9.77. The van der Waals surface area contributed by atoms with E-state index in [0.717, 1.165) is 13.1 Å². The molecule has 6 heteroatoms. The molecule has 21 heavy (non-hydrogen) atoms. The lowest BCUT2D eigenvalue weighted by atomic mass is 9.89. The van der Waals surface area contributed by atoms with Gasteiger partial charge < -0.3 is 10.0 Å². The lowest BCUT2D eigenvalue weighted by molar-refractivity contribution is 0.0137. The van der Waals surface area contributed by atoms with Crippen molar-refractivity contribution < 1.29 is 9.90 Å². The van der Waals surface area contributed by atoms with Crippen molar-refractivity contribution >= 4 is 5.91 Å². The van der Waals surface area contributed by atoms with Gasteiger partial charge in [-0.05, 0) is 5.41 Å². The topological polar surface area (TPSA) is 61.6 Å². The van der Waals surface area contributed by atoms with Gasteiger partial charge in [-0.25, -0.2) is 0 Å². The van der Waals surface area contributed by atoms with Gasteiger partial charge in [0.2, 0.25) is 0 Å². The van der Waals surface area contributed by atoms with E-state index in [2.05, 4.69) is 10.00 Å². The first kappa shape index (κ1) is 16.0. The van der Waals surface area contributed by atoms with Crippen LogP contribution in [0.1, 0.15) is 31.1 Å².